The molecule has 1 aliphatic heterocycles. The van der Waals surface area contributed by atoms with E-state index in [1.807, 2.05) is 34.1 Å². The molecule has 9 heteroatoms. The highest BCUT2D eigenvalue weighted by molar-refractivity contribution is 5.79. The van der Waals surface area contributed by atoms with Crippen LogP contribution in [0.25, 0.3) is 11.3 Å². The van der Waals surface area contributed by atoms with Gasteiger partial charge in [0.2, 0.25) is 11.8 Å². The molecule has 0 spiro atoms. The van der Waals surface area contributed by atoms with Gasteiger partial charge in [-0.1, -0.05) is 22.4 Å². The average Bonchev–Trinajstić information content (AvgIpc) is 3.37. The monoisotopic (exact) mass is 383 g/mol. The summed E-state index contributed by atoms with van der Waals surface area (Å²) in [5.74, 6) is 1.90. The maximum absolute atomic E-state index is 12.6. The lowest BCUT2D eigenvalue weighted by molar-refractivity contribution is -0.130. The maximum atomic E-state index is 12.6. The van der Waals surface area contributed by atoms with Crippen molar-refractivity contribution >= 4 is 11.9 Å². The molecule has 0 radical (unpaired) electrons. The first-order valence-electron chi connectivity index (χ1n) is 9.05. The van der Waals surface area contributed by atoms with Crippen LogP contribution in [0.2, 0.25) is 0 Å². The van der Waals surface area contributed by atoms with Crippen molar-refractivity contribution in [2.45, 2.75) is 13.3 Å². The minimum atomic E-state index is 0.0202. The Morgan fingerprint density at radius 2 is 2.00 bits per heavy atom. The van der Waals surface area contributed by atoms with Gasteiger partial charge in [-0.25, -0.2) is 0 Å². The topological polar surface area (TPSA) is 97.7 Å². The molecule has 3 heterocycles. The number of aromatic nitrogens is 3. The number of carbonyl (C=O) groups excluding carboxylic acids is 1. The van der Waals surface area contributed by atoms with Crippen molar-refractivity contribution in [2.24, 2.45) is 0 Å². The van der Waals surface area contributed by atoms with E-state index in [4.69, 9.17) is 13.7 Å². The van der Waals surface area contributed by atoms with E-state index in [0.717, 1.165) is 11.3 Å². The molecule has 3 aromatic rings. The van der Waals surface area contributed by atoms with Crippen molar-refractivity contribution in [1.29, 1.82) is 0 Å². The number of hydrogen-bond acceptors (Lipinski definition) is 8. The summed E-state index contributed by atoms with van der Waals surface area (Å²) in [7, 11) is 1.61. The standard InChI is InChI=1S/C19H21N5O4/c1-13-20-21-19(27-13)24-8-6-23(7-9-24)18(25)12-15-11-17(28-22-15)14-4-3-5-16(10-14)26-2/h3-5,10-11H,6-9,12H2,1-2H3. The van der Waals surface area contributed by atoms with Crippen LogP contribution in [-0.4, -0.2) is 59.4 Å². The molecule has 1 aromatic carbocycles. The Balaban J connectivity index is 1.35. The van der Waals surface area contributed by atoms with Crippen LogP contribution in [0.4, 0.5) is 6.01 Å². The second-order valence-electron chi connectivity index (χ2n) is 6.56. The van der Waals surface area contributed by atoms with Crippen LogP contribution < -0.4 is 9.64 Å². The highest BCUT2D eigenvalue weighted by Crippen LogP contribution is 2.25. The van der Waals surface area contributed by atoms with Crippen molar-refractivity contribution in [3.05, 3.63) is 41.9 Å². The number of aryl methyl sites for hydroxylation is 1. The normalized spacial score (nSPS) is 14.4. The molecule has 0 unspecified atom stereocenters. The minimum absolute atomic E-state index is 0.0202. The molecule has 1 fully saturated rings. The third kappa shape index (κ3) is 3.83. The van der Waals surface area contributed by atoms with Gasteiger partial charge in [-0.15, -0.1) is 5.10 Å². The van der Waals surface area contributed by atoms with Gasteiger partial charge < -0.3 is 23.5 Å². The Morgan fingerprint density at radius 1 is 1.18 bits per heavy atom. The first-order chi connectivity index (χ1) is 13.6. The summed E-state index contributed by atoms with van der Waals surface area (Å²) >= 11 is 0. The van der Waals surface area contributed by atoms with Crippen molar-refractivity contribution in [3.63, 3.8) is 0 Å². The van der Waals surface area contributed by atoms with Crippen LogP contribution in [0.5, 0.6) is 5.75 Å². The summed E-state index contributed by atoms with van der Waals surface area (Å²) < 4.78 is 16.1. The Kier molecular flexibility index (Phi) is 4.96. The second-order valence-corrected chi connectivity index (χ2v) is 6.56. The zero-order valence-electron chi connectivity index (χ0n) is 15.8. The van der Waals surface area contributed by atoms with Gasteiger partial charge in [-0.05, 0) is 12.1 Å². The SMILES string of the molecule is COc1cccc(-c2cc(CC(=O)N3CCN(c4nnc(C)o4)CC3)no2)c1. The van der Waals surface area contributed by atoms with Gasteiger partial charge in [-0.3, -0.25) is 4.79 Å². The molecule has 146 valence electrons. The number of nitrogens with zero attached hydrogens (tertiary/aromatic N) is 5. The van der Waals surface area contributed by atoms with Crippen molar-refractivity contribution in [2.75, 3.05) is 38.2 Å². The molecule has 28 heavy (non-hydrogen) atoms. The second kappa shape index (κ2) is 7.71. The number of amides is 1. The van der Waals surface area contributed by atoms with Gasteiger partial charge >= 0.3 is 6.01 Å². The average molecular weight is 383 g/mol. The summed E-state index contributed by atoms with van der Waals surface area (Å²) in [6, 6.07) is 9.82. The molecule has 0 bridgehead atoms. The van der Waals surface area contributed by atoms with E-state index in [2.05, 4.69) is 15.4 Å². The minimum Gasteiger partial charge on any atom is -0.497 e. The quantitative estimate of drug-likeness (QED) is 0.659. The Hall–Kier alpha value is -3.36. The maximum Gasteiger partial charge on any atom is 0.318 e. The third-order valence-corrected chi connectivity index (χ3v) is 4.66. The van der Waals surface area contributed by atoms with E-state index in [1.165, 1.54) is 0 Å². The Bertz CT molecular complexity index is 959. The van der Waals surface area contributed by atoms with Crippen LogP contribution in [-0.2, 0) is 11.2 Å². The molecular weight excluding hydrogens is 362 g/mol. The van der Waals surface area contributed by atoms with Crippen molar-refractivity contribution in [1.82, 2.24) is 20.3 Å². The predicted octanol–water partition coefficient (Wildman–Crippen LogP) is 1.93. The van der Waals surface area contributed by atoms with Crippen LogP contribution in [0.3, 0.4) is 0 Å². The van der Waals surface area contributed by atoms with Gasteiger partial charge in [0.25, 0.3) is 0 Å². The zero-order valence-corrected chi connectivity index (χ0v) is 15.8. The molecule has 1 aliphatic rings. The molecule has 0 atom stereocenters. The Morgan fingerprint density at radius 3 is 2.71 bits per heavy atom. The van der Waals surface area contributed by atoms with E-state index in [9.17, 15) is 4.79 Å². The number of hydrogen-bond donors (Lipinski definition) is 0. The van der Waals surface area contributed by atoms with Crippen molar-refractivity contribution in [3.8, 4) is 17.1 Å². The van der Waals surface area contributed by atoms with Crippen LogP contribution in [0, 0.1) is 6.92 Å². The van der Waals surface area contributed by atoms with E-state index >= 15 is 0 Å². The number of piperazine rings is 1. The predicted molar refractivity (Wildman–Crippen MR) is 100 cm³/mol. The molecular formula is C19H21N5O4. The molecule has 1 amide bonds. The fourth-order valence-corrected chi connectivity index (χ4v) is 3.14. The molecule has 0 N–H and O–H groups in total. The van der Waals surface area contributed by atoms with Crippen molar-refractivity contribution < 1.29 is 18.5 Å². The number of carbonyl (C=O) groups is 1. The highest BCUT2D eigenvalue weighted by Gasteiger charge is 2.24. The fraction of sp³-hybridized carbons (Fsp3) is 0.368. The molecule has 1 saturated heterocycles. The number of benzene rings is 1. The van der Waals surface area contributed by atoms with Gasteiger partial charge in [-0.2, -0.15) is 0 Å². The molecule has 0 saturated carbocycles. The lowest BCUT2D eigenvalue weighted by Gasteiger charge is -2.33. The molecule has 9 nitrogen and oxygen atoms in total. The first kappa shape index (κ1) is 18.0. The highest BCUT2D eigenvalue weighted by atomic mass is 16.5. The van der Waals surface area contributed by atoms with E-state index in [1.54, 1.807) is 20.1 Å². The summed E-state index contributed by atoms with van der Waals surface area (Å²) in [6.45, 7) is 4.26. The third-order valence-electron chi connectivity index (χ3n) is 4.66. The first-order valence-corrected chi connectivity index (χ1v) is 9.05. The van der Waals surface area contributed by atoms with Crippen LogP contribution >= 0.6 is 0 Å². The summed E-state index contributed by atoms with van der Waals surface area (Å²) in [5.41, 5.74) is 1.46. The zero-order chi connectivity index (χ0) is 19.5. The summed E-state index contributed by atoms with van der Waals surface area (Å²) in [5, 5.41) is 11.9. The lowest BCUT2D eigenvalue weighted by Crippen LogP contribution is -2.49. The molecule has 2 aromatic heterocycles. The number of methoxy groups -OCH3 is 1. The van der Waals surface area contributed by atoms with Gasteiger partial charge in [0.1, 0.15) is 5.75 Å². The van der Waals surface area contributed by atoms with Gasteiger partial charge in [0.05, 0.1) is 19.2 Å². The fourth-order valence-electron chi connectivity index (χ4n) is 3.14. The van der Waals surface area contributed by atoms with Gasteiger partial charge in [0, 0.05) is 44.7 Å². The molecule has 4 rings (SSSR count). The van der Waals surface area contributed by atoms with Crippen LogP contribution in [0.15, 0.2) is 39.3 Å². The van der Waals surface area contributed by atoms with Crippen LogP contribution in [0.1, 0.15) is 11.6 Å². The number of ether oxygens (including phenoxy) is 1. The van der Waals surface area contributed by atoms with E-state index < -0.39 is 0 Å². The summed E-state index contributed by atoms with van der Waals surface area (Å²) in [4.78, 5) is 16.4. The summed E-state index contributed by atoms with van der Waals surface area (Å²) in [6.07, 6.45) is 0.202. The van der Waals surface area contributed by atoms with Gasteiger partial charge in [0.15, 0.2) is 5.76 Å². The lowest BCUT2D eigenvalue weighted by atomic mass is 10.1. The Labute approximate surface area is 161 Å². The number of anilines is 1. The largest absolute Gasteiger partial charge is 0.497 e. The van der Waals surface area contributed by atoms with E-state index in [-0.39, 0.29) is 12.3 Å². The number of rotatable bonds is 5. The van der Waals surface area contributed by atoms with E-state index in [0.29, 0.717) is 49.5 Å². The molecule has 0 aliphatic carbocycles. The smallest absolute Gasteiger partial charge is 0.318 e.